The second-order valence-electron chi connectivity index (χ2n) is 6.68. The van der Waals surface area contributed by atoms with Gasteiger partial charge in [-0.3, -0.25) is 4.72 Å². The number of aromatic hydroxyl groups is 1. The van der Waals surface area contributed by atoms with Gasteiger partial charge in [0.15, 0.2) is 5.75 Å². The number of rotatable bonds is 5. The molecule has 2 N–H and O–H groups in total. The largest absolute Gasteiger partial charge is 0.505 e. The molecule has 3 rings (SSSR count). The van der Waals surface area contributed by atoms with E-state index in [9.17, 15) is 23.6 Å². The van der Waals surface area contributed by atoms with E-state index in [0.717, 1.165) is 6.42 Å². The van der Waals surface area contributed by atoms with Crippen LogP contribution in [-0.4, -0.2) is 26.6 Å². The smallest absolute Gasteiger partial charge is 0.337 e. The minimum Gasteiger partial charge on any atom is -0.505 e. The van der Waals surface area contributed by atoms with E-state index in [1.54, 1.807) is 6.07 Å². The molecule has 0 atom stereocenters. The normalized spacial score (nSPS) is 15.1. The Hall–Kier alpha value is -2.28. The SMILES string of the molecule is COC(=O)c1cc(NS(=O)(=O)c2cc(Br)cc(Cl)c2O)cc(C2(C#N)CCC2)c1. The Kier molecular flexibility index (Phi) is 5.81. The van der Waals surface area contributed by atoms with Crippen molar-refractivity contribution in [3.8, 4) is 11.8 Å². The zero-order valence-electron chi connectivity index (χ0n) is 15.2. The van der Waals surface area contributed by atoms with Crippen molar-refractivity contribution in [1.82, 2.24) is 0 Å². The van der Waals surface area contributed by atoms with Gasteiger partial charge >= 0.3 is 5.97 Å². The molecule has 0 aliphatic heterocycles. The van der Waals surface area contributed by atoms with Gasteiger partial charge in [-0.2, -0.15) is 5.26 Å². The zero-order chi connectivity index (χ0) is 21.4. The van der Waals surface area contributed by atoms with E-state index >= 15 is 0 Å². The number of nitrogens with one attached hydrogen (secondary N) is 1. The first kappa shape index (κ1) is 21.4. The third kappa shape index (κ3) is 4.06. The zero-order valence-corrected chi connectivity index (χ0v) is 18.4. The van der Waals surface area contributed by atoms with Crippen molar-refractivity contribution in [3.05, 3.63) is 51.0 Å². The van der Waals surface area contributed by atoms with Gasteiger partial charge in [-0.1, -0.05) is 27.5 Å². The Labute approximate surface area is 181 Å². The average Bonchev–Trinajstić information content (AvgIpc) is 2.63. The fourth-order valence-corrected chi connectivity index (χ4v) is 5.35. The number of anilines is 1. The maximum atomic E-state index is 12.9. The fraction of sp³-hybridized carbons (Fsp3) is 0.263. The number of nitriles is 1. The summed E-state index contributed by atoms with van der Waals surface area (Å²) in [6.45, 7) is 0. The Balaban J connectivity index is 2.09. The predicted molar refractivity (Wildman–Crippen MR) is 111 cm³/mol. The molecule has 0 aromatic heterocycles. The highest BCUT2D eigenvalue weighted by atomic mass is 79.9. The molecule has 2 aromatic carbocycles. The summed E-state index contributed by atoms with van der Waals surface area (Å²) in [4.78, 5) is 11.6. The van der Waals surface area contributed by atoms with Crippen molar-refractivity contribution < 1.29 is 23.1 Å². The Bertz CT molecular complexity index is 1140. The van der Waals surface area contributed by atoms with Crippen LogP contribution in [0.25, 0.3) is 0 Å². The van der Waals surface area contributed by atoms with Crippen LogP contribution in [0.3, 0.4) is 0 Å². The predicted octanol–water partition coefficient (Wildman–Crippen LogP) is 4.34. The molecule has 1 aliphatic rings. The van der Waals surface area contributed by atoms with Crippen LogP contribution in [0.15, 0.2) is 39.7 Å². The van der Waals surface area contributed by atoms with Gasteiger partial charge in [-0.15, -0.1) is 0 Å². The number of nitrogens with zero attached hydrogens (tertiary/aromatic N) is 1. The maximum absolute atomic E-state index is 12.9. The number of esters is 1. The van der Waals surface area contributed by atoms with Crippen LogP contribution in [0.2, 0.25) is 5.02 Å². The molecule has 1 saturated carbocycles. The van der Waals surface area contributed by atoms with E-state index in [4.69, 9.17) is 16.3 Å². The van der Waals surface area contributed by atoms with Crippen LogP contribution in [0, 0.1) is 11.3 Å². The van der Waals surface area contributed by atoms with Crippen LogP contribution in [0.4, 0.5) is 5.69 Å². The number of hydrogen-bond acceptors (Lipinski definition) is 6. The lowest BCUT2D eigenvalue weighted by molar-refractivity contribution is 0.0600. The van der Waals surface area contributed by atoms with Crippen LogP contribution >= 0.6 is 27.5 Å². The first-order valence-corrected chi connectivity index (χ1v) is 11.1. The molecule has 0 spiro atoms. The lowest BCUT2D eigenvalue weighted by Gasteiger charge is -2.36. The third-order valence-corrected chi connectivity index (χ3v) is 7.00. The molecule has 7 nitrogen and oxygen atoms in total. The molecule has 2 aromatic rings. The van der Waals surface area contributed by atoms with Gasteiger partial charge in [0.05, 0.1) is 34.9 Å². The summed E-state index contributed by atoms with van der Waals surface area (Å²) < 4.78 is 33.2. The van der Waals surface area contributed by atoms with Gasteiger partial charge in [0, 0.05) is 4.47 Å². The first-order valence-electron chi connectivity index (χ1n) is 8.48. The number of halogens is 2. The van der Waals surface area contributed by atoms with Gasteiger partial charge in [-0.25, -0.2) is 13.2 Å². The summed E-state index contributed by atoms with van der Waals surface area (Å²) in [7, 11) is -3.03. The summed E-state index contributed by atoms with van der Waals surface area (Å²) in [5.41, 5.74) is -0.0603. The Morgan fingerprint density at radius 2 is 2.00 bits per heavy atom. The molecule has 1 aliphatic carbocycles. The monoisotopic (exact) mass is 498 g/mol. The quantitative estimate of drug-likeness (QED) is 0.591. The number of carbonyl (C=O) groups excluding carboxylic acids is 1. The number of hydrogen-bond donors (Lipinski definition) is 2. The minimum absolute atomic E-state index is 0.0694. The van der Waals surface area contributed by atoms with Crippen molar-refractivity contribution in [2.24, 2.45) is 0 Å². The molecular formula is C19H16BrClN2O5S. The average molecular weight is 500 g/mol. The minimum atomic E-state index is -4.25. The molecule has 0 radical (unpaired) electrons. The summed E-state index contributed by atoms with van der Waals surface area (Å²) in [6, 6.07) is 9.20. The van der Waals surface area contributed by atoms with Crippen LogP contribution in [-0.2, 0) is 20.2 Å². The molecule has 0 saturated heterocycles. The number of ether oxygens (including phenoxy) is 1. The molecule has 0 unspecified atom stereocenters. The molecule has 29 heavy (non-hydrogen) atoms. The van der Waals surface area contributed by atoms with Crippen molar-refractivity contribution >= 4 is 49.2 Å². The number of sulfonamides is 1. The van der Waals surface area contributed by atoms with Gasteiger partial charge in [-0.05, 0) is 55.2 Å². The molecule has 10 heteroatoms. The number of phenolic OH excluding ortho intramolecular Hbond substituents is 1. The number of methoxy groups -OCH3 is 1. The maximum Gasteiger partial charge on any atom is 0.337 e. The molecule has 0 bridgehead atoms. The van der Waals surface area contributed by atoms with Gasteiger partial charge in [0.25, 0.3) is 10.0 Å². The van der Waals surface area contributed by atoms with Gasteiger partial charge in [0.1, 0.15) is 4.90 Å². The molecular weight excluding hydrogens is 484 g/mol. The number of benzene rings is 2. The molecule has 1 fully saturated rings. The van der Waals surface area contributed by atoms with Crippen molar-refractivity contribution in [2.75, 3.05) is 11.8 Å². The van der Waals surface area contributed by atoms with Crippen LogP contribution in [0.1, 0.15) is 35.2 Å². The first-order chi connectivity index (χ1) is 13.6. The van der Waals surface area contributed by atoms with Crippen molar-refractivity contribution in [2.45, 2.75) is 29.6 Å². The number of carbonyl (C=O) groups is 1. The highest BCUT2D eigenvalue weighted by Gasteiger charge is 2.40. The summed E-state index contributed by atoms with van der Waals surface area (Å²) in [5, 5.41) is 19.6. The van der Waals surface area contributed by atoms with E-state index < -0.39 is 32.1 Å². The van der Waals surface area contributed by atoms with Crippen LogP contribution < -0.4 is 4.72 Å². The highest BCUT2D eigenvalue weighted by Crippen LogP contribution is 2.44. The van der Waals surface area contributed by atoms with Gasteiger partial charge in [0.2, 0.25) is 0 Å². The standard InChI is InChI=1S/C19H16BrClN2O5S/c1-28-18(25)11-5-12(19(10-22)3-2-4-19)7-14(6-11)23-29(26,27)16-9-13(20)8-15(21)17(16)24/h5-9,23-24H,2-4H2,1H3. The Morgan fingerprint density at radius 1 is 1.31 bits per heavy atom. The van der Waals surface area contributed by atoms with Gasteiger partial charge < -0.3 is 9.84 Å². The highest BCUT2D eigenvalue weighted by molar-refractivity contribution is 9.10. The second-order valence-corrected chi connectivity index (χ2v) is 9.65. The summed E-state index contributed by atoms with van der Waals surface area (Å²) >= 11 is 9.02. The van der Waals surface area contributed by atoms with Crippen LogP contribution in [0.5, 0.6) is 5.75 Å². The topological polar surface area (TPSA) is 116 Å². The lowest BCUT2D eigenvalue weighted by Crippen LogP contribution is -2.32. The van der Waals surface area contributed by atoms with E-state index in [2.05, 4.69) is 26.7 Å². The van der Waals surface area contributed by atoms with E-state index in [0.29, 0.717) is 22.9 Å². The number of phenols is 1. The molecule has 152 valence electrons. The van der Waals surface area contributed by atoms with Crippen molar-refractivity contribution in [3.63, 3.8) is 0 Å². The van der Waals surface area contributed by atoms with E-state index in [1.807, 2.05) is 0 Å². The fourth-order valence-electron chi connectivity index (χ4n) is 3.15. The summed E-state index contributed by atoms with van der Waals surface area (Å²) in [5.74, 6) is -1.26. The summed E-state index contributed by atoms with van der Waals surface area (Å²) in [6.07, 6.45) is 2.09. The molecule has 0 heterocycles. The lowest BCUT2D eigenvalue weighted by atomic mass is 9.65. The Morgan fingerprint density at radius 3 is 2.55 bits per heavy atom. The van der Waals surface area contributed by atoms with Crippen molar-refractivity contribution in [1.29, 1.82) is 5.26 Å². The second kappa shape index (κ2) is 7.86. The third-order valence-electron chi connectivity index (χ3n) is 4.86. The van der Waals surface area contributed by atoms with E-state index in [-0.39, 0.29) is 16.3 Å². The van der Waals surface area contributed by atoms with E-state index in [1.165, 1.54) is 31.4 Å². The molecule has 0 amide bonds.